The van der Waals surface area contributed by atoms with Crippen LogP contribution in [0, 0.1) is 0 Å². The predicted molar refractivity (Wildman–Crippen MR) is 79.3 cm³/mol. The van der Waals surface area contributed by atoms with Gasteiger partial charge in [-0.25, -0.2) is 4.39 Å². The number of hydrogen-bond acceptors (Lipinski definition) is 0. The molecule has 0 fully saturated rings. The molecule has 0 spiro atoms. The molecule has 0 saturated heterocycles. The number of alkyl halides is 3. The van der Waals surface area contributed by atoms with Gasteiger partial charge in [-0.1, -0.05) is 54.6 Å². The number of hydrogen-bond donors (Lipinski definition) is 0. The topological polar surface area (TPSA) is 0 Å². The molecule has 3 heteroatoms. The number of rotatable bonds is 0. The third-order valence-corrected chi connectivity index (χ3v) is 4.11. The van der Waals surface area contributed by atoms with Crippen LogP contribution < -0.4 is 0 Å². The molecule has 0 nitrogen and oxygen atoms in total. The van der Waals surface area contributed by atoms with Crippen molar-refractivity contribution in [3.05, 3.63) is 65.7 Å². The van der Waals surface area contributed by atoms with Crippen molar-refractivity contribution in [3.8, 4) is 0 Å². The molecule has 0 radical (unpaired) electrons. The van der Waals surface area contributed by atoms with Gasteiger partial charge in [-0.05, 0) is 33.2 Å². The maximum absolute atomic E-state index is 14.0. The van der Waals surface area contributed by atoms with Crippen LogP contribution in [-0.2, 0) is 5.92 Å². The summed E-state index contributed by atoms with van der Waals surface area (Å²) in [6.45, 7) is 0. The summed E-state index contributed by atoms with van der Waals surface area (Å²) < 4.78 is 41.5. The molecule has 0 amide bonds. The Morgan fingerprint density at radius 2 is 1.57 bits per heavy atom. The highest BCUT2D eigenvalue weighted by atomic mass is 19.3. The Bertz CT molecular complexity index is 893. The molecular formula is C18H11F3. The van der Waals surface area contributed by atoms with Gasteiger partial charge in [0.2, 0.25) is 0 Å². The largest absolute Gasteiger partial charge is 0.307 e. The van der Waals surface area contributed by atoms with E-state index in [1.165, 1.54) is 12.1 Å². The molecule has 21 heavy (non-hydrogen) atoms. The predicted octanol–water partition coefficient (Wildman–Crippen LogP) is 5.45. The maximum Gasteiger partial charge on any atom is 0.307 e. The van der Waals surface area contributed by atoms with Crippen molar-refractivity contribution in [2.45, 2.75) is 12.1 Å². The van der Waals surface area contributed by atoms with Crippen LogP contribution in [0.15, 0.2) is 54.6 Å². The third-order valence-electron chi connectivity index (χ3n) is 4.11. The summed E-state index contributed by atoms with van der Waals surface area (Å²) in [6.07, 6.45) is 0.147. The fourth-order valence-electron chi connectivity index (χ4n) is 3.03. The first-order valence-electron chi connectivity index (χ1n) is 6.74. The second-order valence-corrected chi connectivity index (χ2v) is 5.29. The van der Waals surface area contributed by atoms with E-state index in [9.17, 15) is 13.2 Å². The van der Waals surface area contributed by atoms with Crippen LogP contribution in [0.1, 0.15) is 11.1 Å². The van der Waals surface area contributed by atoms with Gasteiger partial charge in [-0.2, -0.15) is 8.78 Å². The first kappa shape index (κ1) is 12.5. The average Bonchev–Trinajstić information content (AvgIpc) is 2.50. The molecular weight excluding hydrogens is 273 g/mol. The fraction of sp³-hybridized carbons (Fsp3) is 0.111. The van der Waals surface area contributed by atoms with E-state index < -0.39 is 12.1 Å². The van der Waals surface area contributed by atoms with Crippen molar-refractivity contribution >= 4 is 27.6 Å². The molecule has 0 aromatic heterocycles. The first-order chi connectivity index (χ1) is 10.1. The van der Waals surface area contributed by atoms with E-state index in [4.69, 9.17) is 0 Å². The lowest BCUT2D eigenvalue weighted by atomic mass is 9.87. The Kier molecular flexibility index (Phi) is 2.43. The molecule has 0 bridgehead atoms. The second kappa shape index (κ2) is 4.10. The van der Waals surface area contributed by atoms with E-state index in [2.05, 4.69) is 0 Å². The summed E-state index contributed by atoms with van der Waals surface area (Å²) in [5.41, 5.74) is 0.178. The van der Waals surface area contributed by atoms with Crippen LogP contribution in [0.25, 0.3) is 27.6 Å². The Morgan fingerprint density at radius 1 is 0.810 bits per heavy atom. The molecule has 0 heterocycles. The highest BCUT2D eigenvalue weighted by Crippen LogP contribution is 2.43. The summed E-state index contributed by atoms with van der Waals surface area (Å²) in [4.78, 5) is 0. The molecule has 0 aliphatic heterocycles. The normalized spacial score (nSPS) is 19.9. The fourth-order valence-corrected chi connectivity index (χ4v) is 3.03. The van der Waals surface area contributed by atoms with Gasteiger partial charge in [0.1, 0.15) is 0 Å². The number of benzene rings is 3. The Morgan fingerprint density at radius 3 is 2.43 bits per heavy atom. The van der Waals surface area contributed by atoms with Crippen LogP contribution in [-0.4, -0.2) is 6.17 Å². The lowest BCUT2D eigenvalue weighted by Gasteiger charge is -2.25. The molecule has 4 rings (SSSR count). The smallest absolute Gasteiger partial charge is 0.236 e. The SMILES string of the molecule is FC1C=Cc2c(ccc3c2ccc2ccccc23)C1(F)F. The third kappa shape index (κ3) is 1.63. The second-order valence-electron chi connectivity index (χ2n) is 5.29. The molecule has 1 aliphatic carbocycles. The van der Waals surface area contributed by atoms with E-state index in [-0.39, 0.29) is 5.56 Å². The van der Waals surface area contributed by atoms with Gasteiger partial charge in [0.15, 0.2) is 6.17 Å². The van der Waals surface area contributed by atoms with Crippen LogP contribution >= 0.6 is 0 Å². The summed E-state index contributed by atoms with van der Waals surface area (Å²) in [6, 6.07) is 14.6. The van der Waals surface area contributed by atoms with Crippen molar-refractivity contribution in [3.63, 3.8) is 0 Å². The van der Waals surface area contributed by atoms with Gasteiger partial charge >= 0.3 is 5.92 Å². The minimum atomic E-state index is -3.47. The highest BCUT2D eigenvalue weighted by molar-refractivity contribution is 6.10. The minimum absolute atomic E-state index is 0.236. The maximum atomic E-state index is 14.0. The number of fused-ring (bicyclic) bond motifs is 5. The van der Waals surface area contributed by atoms with Gasteiger partial charge in [0, 0.05) is 5.56 Å². The van der Waals surface area contributed by atoms with Gasteiger partial charge in [0.05, 0.1) is 0 Å². The monoisotopic (exact) mass is 284 g/mol. The molecule has 0 saturated carbocycles. The van der Waals surface area contributed by atoms with Crippen molar-refractivity contribution in [2.75, 3.05) is 0 Å². The van der Waals surface area contributed by atoms with Crippen molar-refractivity contribution in [2.24, 2.45) is 0 Å². The van der Waals surface area contributed by atoms with Crippen LogP contribution in [0.3, 0.4) is 0 Å². The van der Waals surface area contributed by atoms with E-state index in [0.717, 1.165) is 27.6 Å². The van der Waals surface area contributed by atoms with Gasteiger partial charge in [0.25, 0.3) is 0 Å². The molecule has 3 aromatic carbocycles. The quantitative estimate of drug-likeness (QED) is 0.481. The molecule has 0 N–H and O–H groups in total. The molecule has 104 valence electrons. The average molecular weight is 284 g/mol. The standard InChI is InChI=1S/C18H11F3/c19-17-10-8-15-14-6-5-11-3-1-2-4-12(11)13(14)7-9-16(15)18(17,20)21/h1-10,17H. The van der Waals surface area contributed by atoms with Crippen LogP contribution in [0.2, 0.25) is 0 Å². The van der Waals surface area contributed by atoms with Crippen molar-refractivity contribution in [1.29, 1.82) is 0 Å². The zero-order valence-corrected chi connectivity index (χ0v) is 11.0. The van der Waals surface area contributed by atoms with E-state index in [1.54, 1.807) is 6.07 Å². The van der Waals surface area contributed by atoms with Crippen LogP contribution in [0.5, 0.6) is 0 Å². The lowest BCUT2D eigenvalue weighted by molar-refractivity contribution is -0.0608. The number of allylic oxidation sites excluding steroid dienone is 1. The van der Waals surface area contributed by atoms with E-state index in [0.29, 0.717) is 5.56 Å². The zero-order valence-electron chi connectivity index (χ0n) is 11.0. The Hall–Kier alpha value is -2.29. The summed E-state index contributed by atoms with van der Waals surface area (Å²) >= 11 is 0. The first-order valence-corrected chi connectivity index (χ1v) is 6.74. The van der Waals surface area contributed by atoms with Gasteiger partial charge < -0.3 is 0 Å². The molecule has 1 aliphatic rings. The summed E-state index contributed by atoms with van der Waals surface area (Å²) in [5, 5.41) is 3.70. The van der Waals surface area contributed by atoms with E-state index >= 15 is 0 Å². The molecule has 3 aromatic rings. The summed E-state index contributed by atoms with van der Waals surface area (Å²) in [5.74, 6) is -3.47. The Labute approximate surface area is 119 Å². The molecule has 1 atom stereocenters. The van der Waals surface area contributed by atoms with Gasteiger partial charge in [-0.15, -0.1) is 0 Å². The minimum Gasteiger partial charge on any atom is -0.236 e. The van der Waals surface area contributed by atoms with Crippen molar-refractivity contribution in [1.82, 2.24) is 0 Å². The zero-order chi connectivity index (χ0) is 14.6. The van der Waals surface area contributed by atoms with Crippen LogP contribution in [0.4, 0.5) is 13.2 Å². The van der Waals surface area contributed by atoms with E-state index in [1.807, 2.05) is 36.4 Å². The Balaban J connectivity index is 2.13. The van der Waals surface area contributed by atoms with Crippen molar-refractivity contribution < 1.29 is 13.2 Å². The molecule has 1 unspecified atom stereocenters. The van der Waals surface area contributed by atoms with Gasteiger partial charge in [-0.3, -0.25) is 0 Å². The highest BCUT2D eigenvalue weighted by Gasteiger charge is 2.44. The number of halogens is 3. The lowest BCUT2D eigenvalue weighted by Crippen LogP contribution is -2.28. The summed E-state index contributed by atoms with van der Waals surface area (Å²) in [7, 11) is 0.